The van der Waals surface area contributed by atoms with Gasteiger partial charge in [0.05, 0.1) is 38.5 Å². The Kier molecular flexibility index (Phi) is 7.66. The van der Waals surface area contributed by atoms with Crippen LogP contribution >= 0.6 is 0 Å². The van der Waals surface area contributed by atoms with Crippen LogP contribution in [0.2, 0.25) is 0 Å². The molecular formula is C29H34N8O4. The van der Waals surface area contributed by atoms with E-state index in [0.717, 1.165) is 31.5 Å². The number of rotatable bonds is 6. The molecule has 6 rings (SSSR count). The Labute approximate surface area is 238 Å². The average molecular weight is 559 g/mol. The number of ether oxygens (including phenoxy) is 2. The fourth-order valence-electron chi connectivity index (χ4n) is 5.41. The summed E-state index contributed by atoms with van der Waals surface area (Å²) in [5.74, 6) is 1.83. The van der Waals surface area contributed by atoms with Crippen LogP contribution in [0.4, 0.5) is 28.1 Å². The minimum absolute atomic E-state index is 0.0965. The Balaban J connectivity index is 1.18. The number of nitrogens with one attached hydrogen (secondary N) is 2. The predicted molar refractivity (Wildman–Crippen MR) is 156 cm³/mol. The number of amides is 3. The number of urea groups is 1. The third kappa shape index (κ3) is 5.93. The highest BCUT2D eigenvalue weighted by atomic mass is 16.5. The first kappa shape index (κ1) is 26.9. The highest BCUT2D eigenvalue weighted by Gasteiger charge is 2.39. The van der Waals surface area contributed by atoms with Crippen molar-refractivity contribution in [1.82, 2.24) is 19.9 Å². The molecule has 0 radical (unpaired) electrons. The molecule has 0 spiro atoms. The summed E-state index contributed by atoms with van der Waals surface area (Å²) in [5.41, 5.74) is 2.59. The summed E-state index contributed by atoms with van der Waals surface area (Å²) in [4.78, 5) is 45.3. The molecule has 3 fully saturated rings. The molecule has 214 valence electrons. The van der Waals surface area contributed by atoms with Gasteiger partial charge in [-0.25, -0.2) is 4.79 Å². The maximum absolute atomic E-state index is 12.6. The summed E-state index contributed by atoms with van der Waals surface area (Å²) in [7, 11) is 3.40. The van der Waals surface area contributed by atoms with Crippen molar-refractivity contribution in [2.24, 2.45) is 0 Å². The third-order valence-electron chi connectivity index (χ3n) is 7.57. The largest absolute Gasteiger partial charge is 0.378 e. The Hall–Kier alpha value is -4.29. The first-order valence-electron chi connectivity index (χ1n) is 13.9. The van der Waals surface area contributed by atoms with Crippen molar-refractivity contribution in [2.45, 2.75) is 24.9 Å². The van der Waals surface area contributed by atoms with Crippen LogP contribution < -0.4 is 20.4 Å². The maximum atomic E-state index is 12.6. The molecule has 12 nitrogen and oxygen atoms in total. The molecule has 2 N–H and O–H groups in total. The number of benzene rings is 2. The van der Waals surface area contributed by atoms with Crippen LogP contribution in [0.5, 0.6) is 0 Å². The van der Waals surface area contributed by atoms with Crippen molar-refractivity contribution in [2.75, 3.05) is 74.0 Å². The molecule has 2 aromatic carbocycles. The fraction of sp³-hybridized carbons (Fsp3) is 0.414. The molecule has 41 heavy (non-hydrogen) atoms. The molecule has 0 aliphatic carbocycles. The lowest BCUT2D eigenvalue weighted by Gasteiger charge is -2.35. The molecule has 1 aromatic heterocycles. The van der Waals surface area contributed by atoms with E-state index in [0.29, 0.717) is 61.1 Å². The molecule has 3 amide bonds. The highest BCUT2D eigenvalue weighted by molar-refractivity contribution is 6.00. The number of fused-ring (bicyclic) bond motifs is 2. The monoisotopic (exact) mass is 558 g/mol. The summed E-state index contributed by atoms with van der Waals surface area (Å²) in [6.45, 7) is 4.10. The molecule has 4 heterocycles. The topological polar surface area (TPSA) is 125 Å². The van der Waals surface area contributed by atoms with E-state index in [1.54, 1.807) is 38.4 Å². The van der Waals surface area contributed by atoms with Gasteiger partial charge in [-0.05, 0) is 61.4 Å². The van der Waals surface area contributed by atoms with Gasteiger partial charge in [0.25, 0.3) is 5.91 Å². The summed E-state index contributed by atoms with van der Waals surface area (Å²) in [6, 6.07) is 14.4. The second-order valence-electron chi connectivity index (χ2n) is 10.6. The maximum Gasteiger partial charge on any atom is 0.323 e. The van der Waals surface area contributed by atoms with Gasteiger partial charge in [-0.15, -0.1) is 0 Å². The van der Waals surface area contributed by atoms with Crippen LogP contribution in [-0.2, 0) is 9.47 Å². The van der Waals surface area contributed by atoms with Crippen molar-refractivity contribution >= 4 is 35.2 Å². The number of nitrogens with zero attached hydrogens (tertiary/aromatic N) is 6. The number of aromatic nitrogens is 3. The van der Waals surface area contributed by atoms with Crippen LogP contribution in [0.15, 0.2) is 48.5 Å². The molecule has 2 bridgehead atoms. The molecule has 2 atom stereocenters. The zero-order valence-corrected chi connectivity index (χ0v) is 23.2. The minimum atomic E-state index is -0.385. The summed E-state index contributed by atoms with van der Waals surface area (Å²) in [6.07, 6.45) is 2.14. The van der Waals surface area contributed by atoms with E-state index >= 15 is 0 Å². The van der Waals surface area contributed by atoms with E-state index in [1.807, 2.05) is 24.3 Å². The molecule has 0 saturated carbocycles. The van der Waals surface area contributed by atoms with E-state index in [2.05, 4.69) is 20.4 Å². The molecular weight excluding hydrogens is 524 g/mol. The van der Waals surface area contributed by atoms with Crippen LogP contribution in [0, 0.1) is 0 Å². The molecule has 3 aliphatic rings. The number of carbonyl (C=O) groups excluding carboxylic acids is 2. The smallest absolute Gasteiger partial charge is 0.323 e. The number of anilines is 4. The normalized spacial score (nSPS) is 20.0. The molecule has 3 aliphatic heterocycles. The molecule has 12 heteroatoms. The molecule has 2 unspecified atom stereocenters. The predicted octanol–water partition coefficient (Wildman–Crippen LogP) is 3.09. The van der Waals surface area contributed by atoms with Crippen molar-refractivity contribution in [3.63, 3.8) is 0 Å². The lowest BCUT2D eigenvalue weighted by molar-refractivity contribution is 0.0827. The summed E-state index contributed by atoms with van der Waals surface area (Å²) < 4.78 is 11.3. The van der Waals surface area contributed by atoms with E-state index < -0.39 is 0 Å². The Morgan fingerprint density at radius 1 is 0.805 bits per heavy atom. The number of hydrogen-bond acceptors (Lipinski definition) is 9. The SMILES string of the molecule is CN(C)C(=O)c1ccc(NC(=O)Nc2ccc(-c3nc(N4CCOCC4)nc(N4C5CCC4COC5)n3)cc2)cc1. The highest BCUT2D eigenvalue weighted by Crippen LogP contribution is 2.34. The number of carbonyl (C=O) groups is 2. The van der Waals surface area contributed by atoms with E-state index in [-0.39, 0.29) is 24.0 Å². The third-order valence-corrected chi connectivity index (χ3v) is 7.57. The average Bonchev–Trinajstić information content (AvgIpc) is 3.25. The summed E-state index contributed by atoms with van der Waals surface area (Å²) >= 11 is 0. The van der Waals surface area contributed by atoms with E-state index in [4.69, 9.17) is 24.4 Å². The van der Waals surface area contributed by atoms with Crippen molar-refractivity contribution in [1.29, 1.82) is 0 Å². The second-order valence-corrected chi connectivity index (χ2v) is 10.6. The van der Waals surface area contributed by atoms with Crippen molar-refractivity contribution in [3.05, 3.63) is 54.1 Å². The van der Waals surface area contributed by atoms with Gasteiger partial charge in [0.2, 0.25) is 11.9 Å². The van der Waals surface area contributed by atoms with Gasteiger partial charge in [-0.1, -0.05) is 0 Å². The summed E-state index contributed by atoms with van der Waals surface area (Å²) in [5, 5.41) is 5.64. The second kappa shape index (κ2) is 11.7. The molecule has 3 aromatic rings. The zero-order chi connectivity index (χ0) is 28.3. The van der Waals surface area contributed by atoms with Gasteiger partial charge in [0.1, 0.15) is 0 Å². The lowest BCUT2D eigenvalue weighted by atomic mass is 10.2. The van der Waals surface area contributed by atoms with Gasteiger partial charge >= 0.3 is 6.03 Å². The van der Waals surface area contributed by atoms with Gasteiger partial charge in [-0.3, -0.25) is 4.79 Å². The van der Waals surface area contributed by atoms with Gasteiger partial charge in [0.15, 0.2) is 5.82 Å². The number of hydrogen-bond donors (Lipinski definition) is 2. The fourth-order valence-corrected chi connectivity index (χ4v) is 5.41. The van der Waals surface area contributed by atoms with E-state index in [1.165, 1.54) is 4.90 Å². The Morgan fingerprint density at radius 3 is 2.00 bits per heavy atom. The van der Waals surface area contributed by atoms with Crippen molar-refractivity contribution in [3.8, 4) is 11.4 Å². The van der Waals surface area contributed by atoms with Crippen LogP contribution in [-0.4, -0.2) is 97.5 Å². The number of morpholine rings is 2. The van der Waals surface area contributed by atoms with Gasteiger partial charge in [0, 0.05) is 49.7 Å². The first-order chi connectivity index (χ1) is 19.9. The van der Waals surface area contributed by atoms with E-state index in [9.17, 15) is 9.59 Å². The molecule has 3 saturated heterocycles. The van der Waals surface area contributed by atoms with Gasteiger partial charge in [-0.2, -0.15) is 15.0 Å². The lowest BCUT2D eigenvalue weighted by Crippen LogP contribution is -2.47. The first-order valence-corrected chi connectivity index (χ1v) is 13.9. The minimum Gasteiger partial charge on any atom is -0.378 e. The standard InChI is InChI=1S/C29H34N8O4/c1-35(2)26(38)20-5-9-22(10-6-20)31-29(39)30-21-7-3-19(4-8-21)25-32-27(36-13-15-40-16-14-36)34-28(33-25)37-23-11-12-24(37)18-41-17-23/h3-10,23-24H,11-18H2,1-2H3,(H2,30,31,39). The van der Waals surface area contributed by atoms with Crippen molar-refractivity contribution < 1.29 is 19.1 Å². The van der Waals surface area contributed by atoms with Crippen LogP contribution in [0.25, 0.3) is 11.4 Å². The Morgan fingerprint density at radius 2 is 1.39 bits per heavy atom. The van der Waals surface area contributed by atoms with Gasteiger partial charge < -0.3 is 34.8 Å². The quantitative estimate of drug-likeness (QED) is 0.470. The van der Waals surface area contributed by atoms with Crippen LogP contribution in [0.3, 0.4) is 0 Å². The zero-order valence-electron chi connectivity index (χ0n) is 23.2. The van der Waals surface area contributed by atoms with Crippen LogP contribution in [0.1, 0.15) is 23.2 Å². The Bertz CT molecular complexity index is 1380.